The van der Waals surface area contributed by atoms with Crippen LogP contribution in [0.15, 0.2) is 48.5 Å². The average Bonchev–Trinajstić information content (AvgIpc) is 2.75. The number of benzene rings is 2. The standard InChI is InChI=1S/C17H16ClNO2/c18-13-6-3-4-11(8-13)9-16(21)19-17-14-7-2-1-5-12(14)10-15(17)20/h1-8,15,17,20H,9-10H2,(H,19,21)/t15-,17+/m1/s1. The van der Waals surface area contributed by atoms with E-state index in [-0.39, 0.29) is 18.4 Å². The number of aliphatic hydroxyl groups is 1. The minimum Gasteiger partial charge on any atom is -0.390 e. The number of hydrogen-bond donors (Lipinski definition) is 2. The summed E-state index contributed by atoms with van der Waals surface area (Å²) in [4.78, 5) is 12.2. The second kappa shape index (κ2) is 5.88. The fourth-order valence-corrected chi connectivity index (χ4v) is 3.02. The van der Waals surface area contributed by atoms with E-state index in [0.29, 0.717) is 11.4 Å². The Labute approximate surface area is 128 Å². The Hall–Kier alpha value is -1.84. The van der Waals surface area contributed by atoms with E-state index in [0.717, 1.165) is 16.7 Å². The van der Waals surface area contributed by atoms with Crippen LogP contribution in [0.1, 0.15) is 22.7 Å². The van der Waals surface area contributed by atoms with Crippen LogP contribution >= 0.6 is 11.6 Å². The highest BCUT2D eigenvalue weighted by molar-refractivity contribution is 6.30. The summed E-state index contributed by atoms with van der Waals surface area (Å²) in [5.41, 5.74) is 2.96. The molecule has 0 saturated heterocycles. The van der Waals surface area contributed by atoms with Gasteiger partial charge in [0.25, 0.3) is 0 Å². The molecule has 0 fully saturated rings. The molecule has 2 aromatic rings. The fourth-order valence-electron chi connectivity index (χ4n) is 2.80. The summed E-state index contributed by atoms with van der Waals surface area (Å²) >= 11 is 5.92. The molecule has 2 atom stereocenters. The van der Waals surface area contributed by atoms with Gasteiger partial charge in [-0.25, -0.2) is 0 Å². The Kier molecular flexibility index (Phi) is 3.95. The molecule has 0 bridgehead atoms. The molecule has 0 unspecified atom stereocenters. The first-order valence-electron chi connectivity index (χ1n) is 6.93. The number of nitrogens with one attached hydrogen (secondary N) is 1. The number of amides is 1. The van der Waals surface area contributed by atoms with Crippen molar-refractivity contribution in [2.24, 2.45) is 0 Å². The number of carbonyl (C=O) groups is 1. The van der Waals surface area contributed by atoms with Crippen LogP contribution < -0.4 is 5.32 Å². The van der Waals surface area contributed by atoms with Crippen molar-refractivity contribution in [3.05, 3.63) is 70.2 Å². The van der Waals surface area contributed by atoms with Crippen molar-refractivity contribution in [1.29, 1.82) is 0 Å². The zero-order chi connectivity index (χ0) is 14.8. The number of aliphatic hydroxyl groups excluding tert-OH is 1. The zero-order valence-electron chi connectivity index (χ0n) is 11.4. The van der Waals surface area contributed by atoms with Gasteiger partial charge in [0, 0.05) is 11.4 Å². The van der Waals surface area contributed by atoms with Gasteiger partial charge in [0.2, 0.25) is 5.91 Å². The molecule has 4 heteroatoms. The Morgan fingerprint density at radius 2 is 2.05 bits per heavy atom. The maximum atomic E-state index is 12.2. The summed E-state index contributed by atoms with van der Waals surface area (Å²) in [5, 5.41) is 13.7. The smallest absolute Gasteiger partial charge is 0.224 e. The normalized spacial score (nSPS) is 20.1. The van der Waals surface area contributed by atoms with Crippen LogP contribution in [0.25, 0.3) is 0 Å². The Morgan fingerprint density at radius 3 is 2.86 bits per heavy atom. The summed E-state index contributed by atoms with van der Waals surface area (Å²) in [6.45, 7) is 0. The molecule has 1 aliphatic rings. The summed E-state index contributed by atoms with van der Waals surface area (Å²) in [5.74, 6) is -0.113. The molecule has 2 aromatic carbocycles. The third kappa shape index (κ3) is 3.09. The minimum atomic E-state index is -0.564. The van der Waals surface area contributed by atoms with Crippen molar-refractivity contribution in [3.8, 4) is 0 Å². The molecule has 0 aromatic heterocycles. The van der Waals surface area contributed by atoms with Crippen molar-refractivity contribution < 1.29 is 9.90 Å². The van der Waals surface area contributed by atoms with Crippen LogP contribution in [0.4, 0.5) is 0 Å². The lowest BCUT2D eigenvalue weighted by Crippen LogP contribution is -2.34. The first-order valence-corrected chi connectivity index (χ1v) is 7.31. The summed E-state index contributed by atoms with van der Waals surface area (Å²) < 4.78 is 0. The Morgan fingerprint density at radius 1 is 1.24 bits per heavy atom. The summed E-state index contributed by atoms with van der Waals surface area (Å²) in [7, 11) is 0. The quantitative estimate of drug-likeness (QED) is 0.915. The molecule has 0 aliphatic heterocycles. The summed E-state index contributed by atoms with van der Waals surface area (Å²) in [6.07, 6.45) is 0.273. The Balaban J connectivity index is 1.70. The molecule has 2 N–H and O–H groups in total. The van der Waals surface area contributed by atoms with Gasteiger partial charge in [0.1, 0.15) is 0 Å². The van der Waals surface area contributed by atoms with Gasteiger partial charge in [-0.3, -0.25) is 4.79 Å². The monoisotopic (exact) mass is 301 g/mol. The highest BCUT2D eigenvalue weighted by Gasteiger charge is 2.31. The largest absolute Gasteiger partial charge is 0.390 e. The lowest BCUT2D eigenvalue weighted by atomic mass is 10.1. The van der Waals surface area contributed by atoms with Gasteiger partial charge < -0.3 is 10.4 Å². The van der Waals surface area contributed by atoms with Gasteiger partial charge in [-0.1, -0.05) is 48.0 Å². The van der Waals surface area contributed by atoms with E-state index in [1.807, 2.05) is 36.4 Å². The van der Waals surface area contributed by atoms with Crippen LogP contribution in [0.2, 0.25) is 5.02 Å². The van der Waals surface area contributed by atoms with Gasteiger partial charge in [0.15, 0.2) is 0 Å². The second-order valence-electron chi connectivity index (χ2n) is 5.32. The number of halogens is 1. The molecule has 3 rings (SSSR count). The average molecular weight is 302 g/mol. The van der Waals surface area contributed by atoms with Crippen LogP contribution in [0, 0.1) is 0 Å². The van der Waals surface area contributed by atoms with Crippen molar-refractivity contribution in [3.63, 3.8) is 0 Å². The van der Waals surface area contributed by atoms with Gasteiger partial charge in [0.05, 0.1) is 18.6 Å². The van der Waals surface area contributed by atoms with E-state index in [9.17, 15) is 9.90 Å². The number of rotatable bonds is 3. The summed E-state index contributed by atoms with van der Waals surface area (Å²) in [6, 6.07) is 14.7. The SMILES string of the molecule is O=C(Cc1cccc(Cl)c1)N[C@H]1c2ccccc2C[C@H]1O. The van der Waals surface area contributed by atoms with Gasteiger partial charge in [-0.05, 0) is 28.8 Å². The van der Waals surface area contributed by atoms with E-state index in [1.165, 1.54) is 0 Å². The first-order chi connectivity index (χ1) is 10.1. The second-order valence-corrected chi connectivity index (χ2v) is 5.76. The molecular weight excluding hydrogens is 286 g/mol. The van der Waals surface area contributed by atoms with Crippen LogP contribution in [-0.4, -0.2) is 17.1 Å². The molecule has 1 amide bonds. The maximum absolute atomic E-state index is 12.2. The molecule has 108 valence electrons. The number of fused-ring (bicyclic) bond motifs is 1. The molecule has 3 nitrogen and oxygen atoms in total. The highest BCUT2D eigenvalue weighted by atomic mass is 35.5. The van der Waals surface area contributed by atoms with E-state index in [2.05, 4.69) is 5.32 Å². The number of hydrogen-bond acceptors (Lipinski definition) is 2. The van der Waals surface area contributed by atoms with Crippen LogP contribution in [0.3, 0.4) is 0 Å². The maximum Gasteiger partial charge on any atom is 0.224 e. The van der Waals surface area contributed by atoms with Crippen molar-refractivity contribution in [2.75, 3.05) is 0 Å². The van der Waals surface area contributed by atoms with E-state index < -0.39 is 6.10 Å². The van der Waals surface area contributed by atoms with Gasteiger partial charge in [-0.2, -0.15) is 0 Å². The van der Waals surface area contributed by atoms with E-state index >= 15 is 0 Å². The lowest BCUT2D eigenvalue weighted by Gasteiger charge is -2.18. The molecule has 0 spiro atoms. The fraction of sp³-hybridized carbons (Fsp3) is 0.235. The van der Waals surface area contributed by atoms with Crippen LogP contribution in [-0.2, 0) is 17.6 Å². The topological polar surface area (TPSA) is 49.3 Å². The lowest BCUT2D eigenvalue weighted by molar-refractivity contribution is -0.121. The van der Waals surface area contributed by atoms with Gasteiger partial charge >= 0.3 is 0 Å². The highest BCUT2D eigenvalue weighted by Crippen LogP contribution is 2.31. The predicted molar refractivity (Wildman–Crippen MR) is 82.2 cm³/mol. The third-order valence-corrected chi connectivity index (χ3v) is 4.01. The third-order valence-electron chi connectivity index (χ3n) is 3.77. The van der Waals surface area contributed by atoms with Crippen LogP contribution in [0.5, 0.6) is 0 Å². The molecule has 0 heterocycles. The van der Waals surface area contributed by atoms with E-state index in [4.69, 9.17) is 11.6 Å². The molecule has 21 heavy (non-hydrogen) atoms. The van der Waals surface area contributed by atoms with Crippen molar-refractivity contribution in [2.45, 2.75) is 25.0 Å². The first kappa shape index (κ1) is 14.1. The van der Waals surface area contributed by atoms with Gasteiger partial charge in [-0.15, -0.1) is 0 Å². The predicted octanol–water partition coefficient (Wildman–Crippen LogP) is 2.66. The molecular formula is C17H16ClNO2. The number of carbonyl (C=O) groups excluding carboxylic acids is 1. The Bertz CT molecular complexity index is 671. The van der Waals surface area contributed by atoms with E-state index in [1.54, 1.807) is 12.1 Å². The molecule has 1 aliphatic carbocycles. The van der Waals surface area contributed by atoms with Crippen molar-refractivity contribution >= 4 is 17.5 Å². The van der Waals surface area contributed by atoms with Crippen molar-refractivity contribution in [1.82, 2.24) is 5.32 Å². The molecule has 0 saturated carbocycles. The zero-order valence-corrected chi connectivity index (χ0v) is 12.2. The minimum absolute atomic E-state index is 0.113. The molecule has 0 radical (unpaired) electrons.